The first-order valence-corrected chi connectivity index (χ1v) is 10.4. The lowest BCUT2D eigenvalue weighted by atomic mass is 9.90. The molecule has 0 atom stereocenters. The fraction of sp³-hybridized carbons (Fsp3) is 0.435. The summed E-state index contributed by atoms with van der Waals surface area (Å²) in [5, 5.41) is 13.5. The van der Waals surface area contributed by atoms with Gasteiger partial charge in [0.1, 0.15) is 17.2 Å². The van der Waals surface area contributed by atoms with Crippen LogP contribution in [0.5, 0.6) is 5.75 Å². The molecule has 3 heterocycles. The quantitative estimate of drug-likeness (QED) is 0.838. The molecule has 1 spiro atoms. The van der Waals surface area contributed by atoms with E-state index in [0.717, 1.165) is 62.7 Å². The predicted octanol–water partition coefficient (Wildman–Crippen LogP) is 2.67. The highest BCUT2D eigenvalue weighted by Gasteiger charge is 2.46. The van der Waals surface area contributed by atoms with E-state index in [-0.39, 0.29) is 12.3 Å². The third-order valence-electron chi connectivity index (χ3n) is 6.50. The lowest BCUT2D eigenvalue weighted by molar-refractivity contribution is 0.0895. The van der Waals surface area contributed by atoms with Gasteiger partial charge in [-0.2, -0.15) is 0 Å². The molecule has 0 unspecified atom stereocenters. The summed E-state index contributed by atoms with van der Waals surface area (Å²) in [6, 6.07) is 14.7. The average Bonchev–Trinajstić information content (AvgIpc) is 3.27. The van der Waals surface area contributed by atoms with Crippen LogP contribution in [-0.2, 0) is 13.2 Å². The molecular formula is C23H28N4O2. The Morgan fingerprint density at radius 2 is 1.97 bits per heavy atom. The van der Waals surface area contributed by atoms with Gasteiger partial charge in [-0.15, -0.1) is 0 Å². The first-order chi connectivity index (χ1) is 14.2. The summed E-state index contributed by atoms with van der Waals surface area (Å²) in [7, 11) is 1.64. The molecule has 152 valence electrons. The highest BCUT2D eigenvalue weighted by molar-refractivity contribution is 6.06. The molecule has 2 aromatic carbocycles. The molecule has 0 radical (unpaired) electrons. The van der Waals surface area contributed by atoms with Gasteiger partial charge in [-0.25, -0.2) is 0 Å². The maximum Gasteiger partial charge on any atom is 0.134 e. The predicted molar refractivity (Wildman–Crippen MR) is 114 cm³/mol. The van der Waals surface area contributed by atoms with Gasteiger partial charge in [0, 0.05) is 55.8 Å². The van der Waals surface area contributed by atoms with Gasteiger partial charge in [0.05, 0.1) is 20.3 Å². The Morgan fingerprint density at radius 3 is 2.76 bits per heavy atom. The van der Waals surface area contributed by atoms with Crippen LogP contribution >= 0.6 is 0 Å². The van der Waals surface area contributed by atoms with Gasteiger partial charge >= 0.3 is 0 Å². The summed E-state index contributed by atoms with van der Waals surface area (Å²) < 4.78 is 5.33. The van der Waals surface area contributed by atoms with E-state index in [9.17, 15) is 5.11 Å². The number of aliphatic imine (C=N–C) groups is 1. The minimum absolute atomic E-state index is 0.000521. The van der Waals surface area contributed by atoms with Crippen LogP contribution in [0.25, 0.3) is 0 Å². The number of amidine groups is 1. The zero-order chi connectivity index (χ0) is 19.8. The molecule has 0 aromatic heterocycles. The molecule has 5 rings (SSSR count). The van der Waals surface area contributed by atoms with Gasteiger partial charge in [0.2, 0.25) is 0 Å². The highest BCUT2D eigenvalue weighted by Crippen LogP contribution is 2.39. The number of hydrogen-bond donors (Lipinski definition) is 2. The fourth-order valence-electron chi connectivity index (χ4n) is 4.99. The number of nitrogens with one attached hydrogen (secondary N) is 1. The number of likely N-dealkylation sites (tertiary alicyclic amines) is 1. The number of nitrogens with zero attached hydrogens (tertiary/aromatic N) is 3. The number of rotatable bonds is 4. The van der Waals surface area contributed by atoms with Gasteiger partial charge < -0.3 is 20.1 Å². The number of para-hydroxylation sites is 1. The standard InChI is InChI=1S/C23H28N4O2/c1-29-21-7-6-17(14-18(21)16-28)15-26-11-8-23(9-12-26)25-20-5-3-2-4-19(20)22-24-10-13-27(22)23/h2-7,14,25,28H,8-13,15-16H2,1H3. The van der Waals surface area contributed by atoms with Crippen molar-refractivity contribution in [1.29, 1.82) is 0 Å². The first kappa shape index (κ1) is 18.5. The SMILES string of the molecule is COc1ccc(CN2CCC3(CC2)Nc2ccccc2C2=NCCN23)cc1CO. The molecule has 29 heavy (non-hydrogen) atoms. The van der Waals surface area contributed by atoms with Crippen molar-refractivity contribution in [2.45, 2.75) is 31.7 Å². The Labute approximate surface area is 171 Å². The van der Waals surface area contributed by atoms with Crippen molar-refractivity contribution in [1.82, 2.24) is 9.80 Å². The Balaban J connectivity index is 1.31. The molecule has 3 aliphatic heterocycles. The molecule has 6 heteroatoms. The molecule has 3 aliphatic rings. The largest absolute Gasteiger partial charge is 0.496 e. The van der Waals surface area contributed by atoms with Gasteiger partial charge in [0.25, 0.3) is 0 Å². The maximum absolute atomic E-state index is 9.59. The van der Waals surface area contributed by atoms with Gasteiger partial charge in [-0.3, -0.25) is 9.89 Å². The summed E-state index contributed by atoms with van der Waals surface area (Å²) in [4.78, 5) is 9.83. The fourth-order valence-corrected chi connectivity index (χ4v) is 4.99. The number of hydrogen-bond acceptors (Lipinski definition) is 6. The highest BCUT2D eigenvalue weighted by atomic mass is 16.5. The van der Waals surface area contributed by atoms with E-state index < -0.39 is 0 Å². The van der Waals surface area contributed by atoms with E-state index >= 15 is 0 Å². The monoisotopic (exact) mass is 392 g/mol. The molecule has 0 saturated carbocycles. The summed E-state index contributed by atoms with van der Waals surface area (Å²) in [6.07, 6.45) is 2.12. The molecule has 1 saturated heterocycles. The van der Waals surface area contributed by atoms with Crippen molar-refractivity contribution in [2.24, 2.45) is 4.99 Å². The number of ether oxygens (including phenoxy) is 1. The Hall–Kier alpha value is -2.57. The van der Waals surface area contributed by atoms with Crippen LogP contribution in [0.4, 0.5) is 5.69 Å². The molecule has 1 fully saturated rings. The molecule has 0 amide bonds. The summed E-state index contributed by atoms with van der Waals surface area (Å²) >= 11 is 0. The van der Waals surface area contributed by atoms with Crippen LogP contribution in [0.3, 0.4) is 0 Å². The van der Waals surface area contributed by atoms with Crippen molar-refractivity contribution in [3.05, 3.63) is 59.2 Å². The Morgan fingerprint density at radius 1 is 1.14 bits per heavy atom. The number of aliphatic hydroxyl groups excluding tert-OH is 1. The topological polar surface area (TPSA) is 60.3 Å². The van der Waals surface area contributed by atoms with Crippen LogP contribution in [0.2, 0.25) is 0 Å². The zero-order valence-electron chi connectivity index (χ0n) is 16.9. The van der Waals surface area contributed by atoms with Gasteiger partial charge in [-0.05, 0) is 29.8 Å². The summed E-state index contributed by atoms with van der Waals surface area (Å²) in [6.45, 7) is 4.83. The van der Waals surface area contributed by atoms with Crippen LogP contribution < -0.4 is 10.1 Å². The second kappa shape index (κ2) is 7.35. The lowest BCUT2D eigenvalue weighted by Crippen LogP contribution is -2.63. The summed E-state index contributed by atoms with van der Waals surface area (Å²) in [5.74, 6) is 1.91. The Kier molecular flexibility index (Phi) is 4.68. The van der Waals surface area contributed by atoms with Crippen LogP contribution in [0.15, 0.2) is 47.5 Å². The molecule has 6 nitrogen and oxygen atoms in total. The first-order valence-electron chi connectivity index (χ1n) is 10.4. The number of anilines is 1. The Bertz CT molecular complexity index is 934. The average molecular weight is 393 g/mol. The number of benzene rings is 2. The van der Waals surface area contributed by atoms with Gasteiger partial charge in [0.15, 0.2) is 0 Å². The van der Waals surface area contributed by atoms with Crippen molar-refractivity contribution in [3.63, 3.8) is 0 Å². The number of piperidine rings is 1. The third kappa shape index (κ3) is 3.16. The maximum atomic E-state index is 9.59. The van der Waals surface area contributed by atoms with Crippen molar-refractivity contribution in [2.75, 3.05) is 38.6 Å². The normalized spacial score (nSPS) is 20.1. The number of methoxy groups -OCH3 is 1. The number of aliphatic hydroxyl groups is 1. The minimum atomic E-state index is -0.0314. The minimum Gasteiger partial charge on any atom is -0.496 e. The van der Waals surface area contributed by atoms with Crippen LogP contribution in [0.1, 0.15) is 29.5 Å². The van der Waals surface area contributed by atoms with Gasteiger partial charge in [-0.1, -0.05) is 18.2 Å². The summed E-state index contributed by atoms with van der Waals surface area (Å²) in [5.41, 5.74) is 4.47. The third-order valence-corrected chi connectivity index (χ3v) is 6.50. The van der Waals surface area contributed by atoms with E-state index in [1.165, 1.54) is 16.8 Å². The second-order valence-corrected chi connectivity index (χ2v) is 8.14. The van der Waals surface area contributed by atoms with E-state index in [1.54, 1.807) is 7.11 Å². The smallest absolute Gasteiger partial charge is 0.134 e. The molecule has 2 N–H and O–H groups in total. The van der Waals surface area contributed by atoms with E-state index in [0.29, 0.717) is 0 Å². The van der Waals surface area contributed by atoms with Crippen molar-refractivity contribution < 1.29 is 9.84 Å². The zero-order valence-corrected chi connectivity index (χ0v) is 16.9. The van der Waals surface area contributed by atoms with E-state index in [1.807, 2.05) is 6.07 Å². The molecule has 0 bridgehead atoms. The van der Waals surface area contributed by atoms with Crippen LogP contribution in [-0.4, -0.2) is 59.7 Å². The van der Waals surface area contributed by atoms with E-state index in [4.69, 9.17) is 9.73 Å². The molecule has 0 aliphatic carbocycles. The number of fused-ring (bicyclic) bond motifs is 4. The van der Waals surface area contributed by atoms with Crippen molar-refractivity contribution >= 4 is 11.5 Å². The van der Waals surface area contributed by atoms with Crippen LogP contribution in [0, 0.1) is 0 Å². The van der Waals surface area contributed by atoms with Crippen molar-refractivity contribution in [3.8, 4) is 5.75 Å². The molecule has 2 aromatic rings. The molecular weight excluding hydrogens is 364 g/mol. The lowest BCUT2D eigenvalue weighted by Gasteiger charge is -2.52. The second-order valence-electron chi connectivity index (χ2n) is 8.14. The van der Waals surface area contributed by atoms with E-state index in [2.05, 4.69) is 51.5 Å².